The van der Waals surface area contributed by atoms with Crippen molar-refractivity contribution in [1.29, 1.82) is 0 Å². The molecule has 2 N–H and O–H groups in total. The second-order valence-electron chi connectivity index (χ2n) is 7.25. The SMILES string of the molecule is O=C1CCC(NC(=O)C2CC2c2cccc(F)c2F)C2(CCC2)N1. The third-order valence-electron chi connectivity index (χ3n) is 5.79. The molecule has 3 unspecified atom stereocenters. The van der Waals surface area contributed by atoms with Gasteiger partial charge in [0.15, 0.2) is 11.6 Å². The quantitative estimate of drug-likeness (QED) is 0.892. The number of rotatable bonds is 3. The molecule has 3 fully saturated rings. The maximum atomic E-state index is 13.9. The molecule has 3 atom stereocenters. The summed E-state index contributed by atoms with van der Waals surface area (Å²) in [6.45, 7) is 0. The van der Waals surface area contributed by atoms with Crippen LogP contribution in [-0.2, 0) is 9.59 Å². The highest BCUT2D eigenvalue weighted by atomic mass is 19.2. The molecular formula is C18H20F2N2O2. The van der Waals surface area contributed by atoms with E-state index in [-0.39, 0.29) is 40.8 Å². The Morgan fingerprint density at radius 1 is 1.29 bits per heavy atom. The molecule has 2 amide bonds. The predicted octanol–water partition coefficient (Wildman–Crippen LogP) is 2.39. The van der Waals surface area contributed by atoms with Gasteiger partial charge in [-0.3, -0.25) is 9.59 Å². The highest BCUT2D eigenvalue weighted by Crippen LogP contribution is 2.49. The van der Waals surface area contributed by atoms with E-state index in [0.717, 1.165) is 25.3 Å². The van der Waals surface area contributed by atoms with Crippen molar-refractivity contribution in [3.8, 4) is 0 Å². The molecule has 1 aromatic rings. The van der Waals surface area contributed by atoms with E-state index in [4.69, 9.17) is 0 Å². The molecule has 1 saturated heterocycles. The lowest BCUT2D eigenvalue weighted by Gasteiger charge is -2.51. The summed E-state index contributed by atoms with van der Waals surface area (Å²) in [6.07, 6.45) is 4.42. The zero-order chi connectivity index (χ0) is 16.9. The van der Waals surface area contributed by atoms with Crippen molar-refractivity contribution in [2.24, 2.45) is 5.92 Å². The third-order valence-corrected chi connectivity index (χ3v) is 5.79. The highest BCUT2D eigenvalue weighted by molar-refractivity contribution is 5.84. The summed E-state index contributed by atoms with van der Waals surface area (Å²) in [6, 6.07) is 4.04. The van der Waals surface area contributed by atoms with Gasteiger partial charge in [0.1, 0.15) is 0 Å². The molecule has 128 valence electrons. The van der Waals surface area contributed by atoms with Crippen LogP contribution in [0.4, 0.5) is 8.78 Å². The lowest BCUT2D eigenvalue weighted by Crippen LogP contribution is -2.68. The second-order valence-corrected chi connectivity index (χ2v) is 7.25. The van der Waals surface area contributed by atoms with Gasteiger partial charge in [-0.2, -0.15) is 0 Å². The van der Waals surface area contributed by atoms with Gasteiger partial charge in [-0.05, 0) is 49.7 Å². The van der Waals surface area contributed by atoms with Crippen LogP contribution in [0.25, 0.3) is 0 Å². The maximum absolute atomic E-state index is 13.9. The van der Waals surface area contributed by atoms with Crippen molar-refractivity contribution in [2.75, 3.05) is 0 Å². The molecule has 0 aromatic heterocycles. The van der Waals surface area contributed by atoms with Crippen LogP contribution in [0.15, 0.2) is 18.2 Å². The highest BCUT2D eigenvalue weighted by Gasteiger charge is 2.51. The first-order chi connectivity index (χ1) is 11.5. The molecule has 1 aromatic carbocycles. The Bertz CT molecular complexity index is 702. The Labute approximate surface area is 139 Å². The van der Waals surface area contributed by atoms with Crippen LogP contribution in [0.3, 0.4) is 0 Å². The summed E-state index contributed by atoms with van der Waals surface area (Å²) < 4.78 is 27.2. The summed E-state index contributed by atoms with van der Waals surface area (Å²) in [5.41, 5.74) is -0.00935. The summed E-state index contributed by atoms with van der Waals surface area (Å²) in [7, 11) is 0. The van der Waals surface area contributed by atoms with E-state index in [1.54, 1.807) is 6.07 Å². The van der Waals surface area contributed by atoms with Crippen LogP contribution in [-0.4, -0.2) is 23.4 Å². The number of carbonyl (C=O) groups excluding carboxylic acids is 2. The van der Waals surface area contributed by atoms with Crippen molar-refractivity contribution >= 4 is 11.8 Å². The molecule has 0 radical (unpaired) electrons. The van der Waals surface area contributed by atoms with Crippen LogP contribution in [0.1, 0.15) is 50.0 Å². The summed E-state index contributed by atoms with van der Waals surface area (Å²) >= 11 is 0. The van der Waals surface area contributed by atoms with Crippen molar-refractivity contribution in [1.82, 2.24) is 10.6 Å². The third kappa shape index (κ3) is 2.48. The van der Waals surface area contributed by atoms with Gasteiger partial charge in [0.2, 0.25) is 11.8 Å². The van der Waals surface area contributed by atoms with Crippen molar-refractivity contribution in [3.05, 3.63) is 35.4 Å². The minimum atomic E-state index is -0.873. The van der Waals surface area contributed by atoms with Crippen LogP contribution in [0, 0.1) is 17.6 Å². The number of hydrogen-bond acceptors (Lipinski definition) is 2. The zero-order valence-electron chi connectivity index (χ0n) is 13.3. The molecule has 2 saturated carbocycles. The van der Waals surface area contributed by atoms with Gasteiger partial charge in [0.05, 0.1) is 11.6 Å². The molecule has 1 heterocycles. The fourth-order valence-corrected chi connectivity index (χ4v) is 4.13. The molecule has 2 aliphatic carbocycles. The van der Waals surface area contributed by atoms with Gasteiger partial charge in [-0.25, -0.2) is 8.78 Å². The van der Waals surface area contributed by atoms with Gasteiger partial charge >= 0.3 is 0 Å². The summed E-state index contributed by atoms with van der Waals surface area (Å²) in [5.74, 6) is -2.35. The lowest BCUT2D eigenvalue weighted by atomic mass is 9.68. The van der Waals surface area contributed by atoms with Gasteiger partial charge in [0.25, 0.3) is 0 Å². The largest absolute Gasteiger partial charge is 0.351 e. The average Bonchev–Trinajstić information content (AvgIpc) is 3.30. The van der Waals surface area contributed by atoms with Gasteiger partial charge in [-0.15, -0.1) is 0 Å². The van der Waals surface area contributed by atoms with E-state index < -0.39 is 11.6 Å². The number of halogens is 2. The van der Waals surface area contributed by atoms with E-state index in [1.165, 1.54) is 6.07 Å². The number of amides is 2. The first-order valence-corrected chi connectivity index (χ1v) is 8.55. The Hall–Kier alpha value is -1.98. The molecule has 24 heavy (non-hydrogen) atoms. The summed E-state index contributed by atoms with van der Waals surface area (Å²) in [5, 5.41) is 6.10. The first kappa shape index (κ1) is 15.5. The first-order valence-electron chi connectivity index (χ1n) is 8.55. The molecule has 1 aliphatic heterocycles. The zero-order valence-corrected chi connectivity index (χ0v) is 13.3. The molecule has 0 bridgehead atoms. The van der Waals surface area contributed by atoms with E-state index in [0.29, 0.717) is 19.3 Å². The number of benzene rings is 1. The van der Waals surface area contributed by atoms with Crippen LogP contribution in [0.5, 0.6) is 0 Å². The van der Waals surface area contributed by atoms with Crippen molar-refractivity contribution in [2.45, 2.75) is 56.0 Å². The maximum Gasteiger partial charge on any atom is 0.224 e. The average molecular weight is 334 g/mol. The Morgan fingerprint density at radius 2 is 2.08 bits per heavy atom. The second kappa shape index (κ2) is 5.53. The van der Waals surface area contributed by atoms with E-state index >= 15 is 0 Å². The topological polar surface area (TPSA) is 58.2 Å². The monoisotopic (exact) mass is 334 g/mol. The normalized spacial score (nSPS) is 30.4. The fraction of sp³-hybridized carbons (Fsp3) is 0.556. The van der Waals surface area contributed by atoms with Crippen LogP contribution >= 0.6 is 0 Å². The Kier molecular flexibility index (Phi) is 3.58. The molecule has 1 spiro atoms. The van der Waals surface area contributed by atoms with Crippen LogP contribution < -0.4 is 10.6 Å². The molecule has 4 nitrogen and oxygen atoms in total. The number of hydrogen-bond donors (Lipinski definition) is 2. The number of nitrogens with one attached hydrogen (secondary N) is 2. The van der Waals surface area contributed by atoms with Gasteiger partial charge < -0.3 is 10.6 Å². The van der Waals surface area contributed by atoms with Crippen molar-refractivity contribution in [3.63, 3.8) is 0 Å². The smallest absolute Gasteiger partial charge is 0.224 e. The molecular weight excluding hydrogens is 314 g/mol. The Morgan fingerprint density at radius 3 is 2.79 bits per heavy atom. The number of carbonyl (C=O) groups is 2. The Balaban J connectivity index is 1.43. The van der Waals surface area contributed by atoms with E-state index in [9.17, 15) is 18.4 Å². The van der Waals surface area contributed by atoms with Gasteiger partial charge in [0, 0.05) is 12.3 Å². The lowest BCUT2D eigenvalue weighted by molar-refractivity contribution is -0.132. The molecule has 3 aliphatic rings. The molecule has 4 rings (SSSR count). The van der Waals surface area contributed by atoms with Crippen molar-refractivity contribution < 1.29 is 18.4 Å². The van der Waals surface area contributed by atoms with E-state index in [2.05, 4.69) is 10.6 Å². The summed E-state index contributed by atoms with van der Waals surface area (Å²) in [4.78, 5) is 24.2. The predicted molar refractivity (Wildman–Crippen MR) is 83.1 cm³/mol. The molecule has 6 heteroatoms. The van der Waals surface area contributed by atoms with E-state index in [1.807, 2.05) is 0 Å². The standard InChI is InChI=1S/C18H20F2N2O2/c19-13-4-1-3-10(16(13)20)11-9-12(11)17(24)21-14-5-6-15(23)22-18(14)7-2-8-18/h1,3-4,11-12,14H,2,5-9H2,(H,21,24)(H,22,23). The van der Waals surface area contributed by atoms with Crippen LogP contribution in [0.2, 0.25) is 0 Å². The minimum Gasteiger partial charge on any atom is -0.351 e. The fourth-order valence-electron chi connectivity index (χ4n) is 4.13. The minimum absolute atomic E-state index is 0.0475. The number of piperidine rings is 1. The van der Waals surface area contributed by atoms with Gasteiger partial charge in [-0.1, -0.05) is 12.1 Å².